The summed E-state index contributed by atoms with van der Waals surface area (Å²) < 4.78 is 43.1. The van der Waals surface area contributed by atoms with Gasteiger partial charge in [-0.05, 0) is 19.3 Å². The van der Waals surface area contributed by atoms with E-state index in [-0.39, 0.29) is 11.7 Å². The SMILES string of the molecule is CCNc1cc(OCCC(C)C)nc(C(F)(F)F)n1. The number of ether oxygens (including phenoxy) is 1. The van der Waals surface area contributed by atoms with E-state index in [0.29, 0.717) is 19.1 Å². The quantitative estimate of drug-likeness (QED) is 0.866. The number of anilines is 1. The van der Waals surface area contributed by atoms with Gasteiger partial charge in [0.2, 0.25) is 11.7 Å². The molecule has 4 nitrogen and oxygen atoms in total. The molecule has 1 rings (SSSR count). The minimum atomic E-state index is -4.58. The highest BCUT2D eigenvalue weighted by Gasteiger charge is 2.35. The molecule has 0 aliphatic heterocycles. The molecule has 7 heteroatoms. The molecule has 19 heavy (non-hydrogen) atoms. The van der Waals surface area contributed by atoms with E-state index in [4.69, 9.17) is 4.74 Å². The average molecular weight is 277 g/mol. The van der Waals surface area contributed by atoms with Crippen LogP contribution in [0.3, 0.4) is 0 Å². The van der Waals surface area contributed by atoms with Gasteiger partial charge in [-0.25, -0.2) is 4.98 Å². The fourth-order valence-corrected chi connectivity index (χ4v) is 1.30. The van der Waals surface area contributed by atoms with Crippen molar-refractivity contribution in [1.82, 2.24) is 9.97 Å². The molecule has 0 aliphatic carbocycles. The van der Waals surface area contributed by atoms with Crippen molar-refractivity contribution in [2.24, 2.45) is 5.92 Å². The summed E-state index contributed by atoms with van der Waals surface area (Å²) >= 11 is 0. The molecule has 0 radical (unpaired) electrons. The number of rotatable bonds is 6. The molecule has 0 bridgehead atoms. The van der Waals surface area contributed by atoms with E-state index < -0.39 is 12.0 Å². The number of alkyl halides is 3. The molecule has 0 unspecified atom stereocenters. The predicted molar refractivity (Wildman–Crippen MR) is 66.1 cm³/mol. The van der Waals surface area contributed by atoms with Crippen molar-refractivity contribution in [3.63, 3.8) is 0 Å². The smallest absolute Gasteiger partial charge is 0.451 e. The lowest BCUT2D eigenvalue weighted by Gasteiger charge is -2.12. The maximum Gasteiger partial charge on any atom is 0.451 e. The topological polar surface area (TPSA) is 47.0 Å². The lowest BCUT2D eigenvalue weighted by Crippen LogP contribution is -2.14. The van der Waals surface area contributed by atoms with E-state index in [2.05, 4.69) is 15.3 Å². The van der Waals surface area contributed by atoms with Crippen molar-refractivity contribution in [2.75, 3.05) is 18.5 Å². The van der Waals surface area contributed by atoms with Gasteiger partial charge in [0.15, 0.2) is 0 Å². The minimum absolute atomic E-state index is 0.0566. The molecule has 0 spiro atoms. The van der Waals surface area contributed by atoms with Gasteiger partial charge in [-0.1, -0.05) is 13.8 Å². The van der Waals surface area contributed by atoms with Gasteiger partial charge in [0.05, 0.1) is 6.61 Å². The average Bonchev–Trinajstić information content (AvgIpc) is 2.27. The first kappa shape index (κ1) is 15.5. The third kappa shape index (κ3) is 5.32. The number of hydrogen-bond donors (Lipinski definition) is 1. The van der Waals surface area contributed by atoms with Crippen LogP contribution in [0.4, 0.5) is 19.0 Å². The first-order valence-corrected chi connectivity index (χ1v) is 6.16. The normalized spacial score (nSPS) is 11.7. The minimum Gasteiger partial charge on any atom is -0.478 e. The molecule has 1 aromatic rings. The van der Waals surface area contributed by atoms with Gasteiger partial charge in [0.25, 0.3) is 0 Å². The van der Waals surface area contributed by atoms with E-state index in [9.17, 15) is 13.2 Å². The van der Waals surface area contributed by atoms with Crippen LogP contribution in [0, 0.1) is 5.92 Å². The zero-order valence-corrected chi connectivity index (χ0v) is 11.2. The molecule has 1 heterocycles. The van der Waals surface area contributed by atoms with Crippen LogP contribution in [0.15, 0.2) is 6.07 Å². The van der Waals surface area contributed by atoms with Gasteiger partial charge >= 0.3 is 6.18 Å². The summed E-state index contributed by atoms with van der Waals surface area (Å²) in [6.07, 6.45) is -3.83. The molecule has 0 amide bonds. The molecular weight excluding hydrogens is 259 g/mol. The summed E-state index contributed by atoms with van der Waals surface area (Å²) in [5.41, 5.74) is 0. The number of nitrogens with zero attached hydrogens (tertiary/aromatic N) is 2. The lowest BCUT2D eigenvalue weighted by molar-refractivity contribution is -0.145. The highest BCUT2D eigenvalue weighted by atomic mass is 19.4. The van der Waals surface area contributed by atoms with Gasteiger partial charge in [-0.3, -0.25) is 0 Å². The summed E-state index contributed by atoms with van der Waals surface area (Å²) in [5, 5.41) is 2.73. The second kappa shape index (κ2) is 6.58. The Bertz CT molecular complexity index is 408. The third-order valence-electron chi connectivity index (χ3n) is 2.26. The Hall–Kier alpha value is -1.53. The van der Waals surface area contributed by atoms with Gasteiger partial charge in [0.1, 0.15) is 5.82 Å². The van der Waals surface area contributed by atoms with Crippen LogP contribution in [0.1, 0.15) is 33.0 Å². The van der Waals surface area contributed by atoms with Crippen LogP contribution in [0.2, 0.25) is 0 Å². The van der Waals surface area contributed by atoms with Crippen molar-refractivity contribution in [3.8, 4) is 5.88 Å². The van der Waals surface area contributed by atoms with E-state index in [1.165, 1.54) is 6.07 Å². The van der Waals surface area contributed by atoms with Crippen molar-refractivity contribution in [1.29, 1.82) is 0 Å². The highest BCUT2D eigenvalue weighted by molar-refractivity contribution is 5.38. The van der Waals surface area contributed by atoms with Crippen LogP contribution in [-0.2, 0) is 6.18 Å². The fraction of sp³-hybridized carbons (Fsp3) is 0.667. The Morgan fingerprint density at radius 2 is 2.00 bits per heavy atom. The first-order valence-electron chi connectivity index (χ1n) is 6.16. The zero-order valence-electron chi connectivity index (χ0n) is 11.2. The Morgan fingerprint density at radius 1 is 1.32 bits per heavy atom. The standard InChI is InChI=1S/C12H18F3N3O/c1-4-16-9-7-10(19-6-5-8(2)3)18-11(17-9)12(13,14)15/h7-8H,4-6H2,1-3H3,(H,16,17,18). The van der Waals surface area contributed by atoms with Crippen molar-refractivity contribution >= 4 is 5.82 Å². The molecule has 1 N–H and O–H groups in total. The van der Waals surface area contributed by atoms with Crippen LogP contribution >= 0.6 is 0 Å². The van der Waals surface area contributed by atoms with Crippen LogP contribution < -0.4 is 10.1 Å². The molecule has 0 fully saturated rings. The van der Waals surface area contributed by atoms with Crippen LogP contribution in [-0.4, -0.2) is 23.1 Å². The largest absolute Gasteiger partial charge is 0.478 e. The van der Waals surface area contributed by atoms with Crippen LogP contribution in [0.5, 0.6) is 5.88 Å². The van der Waals surface area contributed by atoms with E-state index in [0.717, 1.165) is 6.42 Å². The third-order valence-corrected chi connectivity index (χ3v) is 2.26. The highest BCUT2D eigenvalue weighted by Crippen LogP contribution is 2.28. The maximum absolute atomic E-state index is 12.6. The van der Waals surface area contributed by atoms with Crippen molar-refractivity contribution in [2.45, 2.75) is 33.4 Å². The van der Waals surface area contributed by atoms with Crippen molar-refractivity contribution in [3.05, 3.63) is 11.9 Å². The second-order valence-corrected chi connectivity index (χ2v) is 4.47. The van der Waals surface area contributed by atoms with Gasteiger partial charge in [-0.2, -0.15) is 18.2 Å². The van der Waals surface area contributed by atoms with Gasteiger partial charge < -0.3 is 10.1 Å². The number of halogens is 3. The summed E-state index contributed by atoms with van der Waals surface area (Å²) in [6.45, 7) is 6.59. The van der Waals surface area contributed by atoms with E-state index in [1.54, 1.807) is 6.92 Å². The summed E-state index contributed by atoms with van der Waals surface area (Å²) in [6, 6.07) is 1.37. The maximum atomic E-state index is 12.6. The second-order valence-electron chi connectivity index (χ2n) is 4.47. The number of aromatic nitrogens is 2. The molecule has 108 valence electrons. The molecule has 0 saturated carbocycles. The summed E-state index contributed by atoms with van der Waals surface area (Å²) in [7, 11) is 0. The Morgan fingerprint density at radius 3 is 2.53 bits per heavy atom. The number of hydrogen-bond acceptors (Lipinski definition) is 4. The number of nitrogens with one attached hydrogen (secondary N) is 1. The first-order chi connectivity index (χ1) is 8.82. The monoisotopic (exact) mass is 277 g/mol. The Balaban J connectivity index is 2.87. The van der Waals surface area contributed by atoms with Crippen LogP contribution in [0.25, 0.3) is 0 Å². The summed E-state index contributed by atoms with van der Waals surface area (Å²) in [4.78, 5) is 6.80. The lowest BCUT2D eigenvalue weighted by atomic mass is 10.1. The fourth-order valence-electron chi connectivity index (χ4n) is 1.30. The molecule has 0 saturated heterocycles. The molecule has 0 aromatic carbocycles. The Labute approximate surface area is 110 Å². The zero-order chi connectivity index (χ0) is 14.5. The van der Waals surface area contributed by atoms with Gasteiger partial charge in [0, 0.05) is 12.6 Å². The van der Waals surface area contributed by atoms with E-state index in [1.807, 2.05) is 13.8 Å². The van der Waals surface area contributed by atoms with E-state index >= 15 is 0 Å². The molecule has 0 atom stereocenters. The van der Waals surface area contributed by atoms with Crippen molar-refractivity contribution < 1.29 is 17.9 Å². The predicted octanol–water partition coefficient (Wildman–Crippen LogP) is 3.35. The molecule has 1 aromatic heterocycles. The molecule has 0 aliphatic rings. The Kier molecular flexibility index (Phi) is 5.38. The molecular formula is C12H18F3N3O. The summed E-state index contributed by atoms with van der Waals surface area (Å²) in [5.74, 6) is -0.717. The van der Waals surface area contributed by atoms with Gasteiger partial charge in [-0.15, -0.1) is 0 Å².